The van der Waals surface area contributed by atoms with Gasteiger partial charge in [-0.1, -0.05) is 6.92 Å². The lowest BCUT2D eigenvalue weighted by atomic mass is 9.53. The molecule has 3 aliphatic carbocycles. The van der Waals surface area contributed by atoms with Crippen molar-refractivity contribution in [2.45, 2.75) is 100 Å². The molecule has 3 saturated carbocycles. The average molecular weight is 781 g/mol. The van der Waals surface area contributed by atoms with Crippen molar-refractivity contribution in [3.05, 3.63) is 12.2 Å². The Morgan fingerprint density at radius 3 is 2.40 bits per heavy atom. The molecule has 5 fully saturated rings. The van der Waals surface area contributed by atoms with E-state index in [1.54, 1.807) is 7.05 Å². The van der Waals surface area contributed by atoms with Gasteiger partial charge in [-0.25, -0.2) is 0 Å². The number of quaternary nitrogens is 1. The van der Waals surface area contributed by atoms with Crippen LogP contribution in [0.3, 0.4) is 0 Å². The summed E-state index contributed by atoms with van der Waals surface area (Å²) in [6.07, 6.45) is -5.97. The number of carbonyl (C=O) groups is 4. The molecule has 3 heterocycles. The Morgan fingerprint density at radius 2 is 1.76 bits per heavy atom. The highest BCUT2D eigenvalue weighted by Crippen LogP contribution is 2.51. The van der Waals surface area contributed by atoms with Crippen molar-refractivity contribution < 1.29 is 69.2 Å². The number of nitrogens with one attached hydrogen (secondary N) is 2. The lowest BCUT2D eigenvalue weighted by Gasteiger charge is -2.53. The number of ether oxygens (including phenoxy) is 3. The van der Waals surface area contributed by atoms with Crippen molar-refractivity contribution in [3.63, 3.8) is 0 Å². The van der Waals surface area contributed by atoms with E-state index in [1.807, 2.05) is 12.2 Å². The first kappa shape index (κ1) is 41.7. The molecular formula is C37H60N6O12+2. The van der Waals surface area contributed by atoms with E-state index >= 15 is 0 Å². The first-order valence-corrected chi connectivity index (χ1v) is 19.6. The molecule has 55 heavy (non-hydrogen) atoms. The molecule has 18 nitrogen and oxygen atoms in total. The predicted octanol–water partition coefficient (Wildman–Crippen LogP) is -6.21. The van der Waals surface area contributed by atoms with E-state index < -0.39 is 96.5 Å². The molecule has 17 atom stereocenters. The van der Waals surface area contributed by atoms with Crippen LogP contribution in [0.1, 0.15) is 45.4 Å². The smallest absolute Gasteiger partial charge is 0.340 e. The summed E-state index contributed by atoms with van der Waals surface area (Å²) in [5.41, 5.74) is 9.87. The summed E-state index contributed by atoms with van der Waals surface area (Å²) in [7, 11) is 3.14. The number of nitrogens with zero attached hydrogens (tertiary/aromatic N) is 1. The zero-order valence-electron chi connectivity index (χ0n) is 31.7. The van der Waals surface area contributed by atoms with Gasteiger partial charge in [-0.05, 0) is 43.4 Å². The largest absolute Gasteiger partial charge is 0.394 e. The average Bonchev–Trinajstić information content (AvgIpc) is 3.48. The molecule has 0 aromatic carbocycles. The number of Topliss-reactive ketones (excluding diaryl/α,β-unsaturated/α-hetero) is 2. The minimum atomic E-state index is -2.27. The number of piperidine rings is 1. The summed E-state index contributed by atoms with van der Waals surface area (Å²) in [6, 6.07) is 0. The number of fused-ring (bicyclic) bond motifs is 2. The standard InChI is InChI=1S/C37H58N6O12/c1-16-8-20-29(31(48)22(16)13-42-36(39)40-2)32(49)28-21(30(20)47)10-19(53-3)11-23(28)54-35-33(50)34(51)37(52,24(15-44)55-35)12-18(17-6-7-41-25(38)9-17)14-43-26(45)4-5-27(43)46/h4-5,16-25,28-29,31,33-35,41,44,48,50-52H,6-15,38H2,1-3H3,(H3,39,40,42)/p+2. The second kappa shape index (κ2) is 16.9. The van der Waals surface area contributed by atoms with Crippen molar-refractivity contribution in [2.75, 3.05) is 40.4 Å². The molecule has 2 amide bonds. The third-order valence-electron chi connectivity index (χ3n) is 13.6. The fourth-order valence-corrected chi connectivity index (χ4v) is 10.5. The highest BCUT2D eigenvalue weighted by Gasteiger charge is 2.62. The normalized spacial score (nSPS) is 44.3. The van der Waals surface area contributed by atoms with Gasteiger partial charge in [0.05, 0.1) is 56.9 Å². The third kappa shape index (κ3) is 8.00. The molecule has 18 heteroatoms. The third-order valence-corrected chi connectivity index (χ3v) is 13.6. The maximum Gasteiger partial charge on any atom is 0.340 e. The van der Waals surface area contributed by atoms with Crippen molar-refractivity contribution in [1.29, 1.82) is 0 Å². The van der Waals surface area contributed by atoms with E-state index in [1.165, 1.54) is 7.11 Å². The van der Waals surface area contributed by atoms with Gasteiger partial charge in [-0.3, -0.25) is 45.9 Å². The summed E-state index contributed by atoms with van der Waals surface area (Å²) < 4.78 is 18.1. The summed E-state index contributed by atoms with van der Waals surface area (Å²) in [6.45, 7) is 1.99. The molecule has 3 aliphatic heterocycles. The van der Waals surface area contributed by atoms with E-state index in [0.29, 0.717) is 31.8 Å². The van der Waals surface area contributed by atoms with Crippen molar-refractivity contribution in [3.8, 4) is 0 Å². The number of hydrogen-bond acceptors (Lipinski definition) is 13. The SMILES string of the molecule is C[NH+]=C(N)NCC1C(C)CC2C(=O)C3CC(OC)CC(OC4OC(CO)C(O)(CC(CN5C(=O)C=CC5=O)C5CC[NH2+]C(N)C5)C(O)C4O)C3C(=O)C2C1O. The number of rotatable bonds is 11. The highest BCUT2D eigenvalue weighted by molar-refractivity contribution is 6.12. The molecular weight excluding hydrogens is 720 g/mol. The quantitative estimate of drug-likeness (QED) is 0.0530. The molecule has 0 radical (unpaired) electrons. The Labute approximate surface area is 320 Å². The van der Waals surface area contributed by atoms with Crippen LogP contribution in [-0.4, -0.2) is 155 Å². The van der Waals surface area contributed by atoms with E-state index in [4.69, 9.17) is 25.7 Å². The van der Waals surface area contributed by atoms with Crippen LogP contribution in [0.5, 0.6) is 0 Å². The summed E-state index contributed by atoms with van der Waals surface area (Å²) in [5, 5.41) is 62.6. The number of guanidine groups is 1. The maximum absolute atomic E-state index is 14.5. The lowest BCUT2D eigenvalue weighted by Crippen LogP contribution is -2.94. The van der Waals surface area contributed by atoms with Gasteiger partial charge < -0.3 is 45.1 Å². The zero-order chi connectivity index (χ0) is 39.9. The lowest BCUT2D eigenvalue weighted by molar-refractivity contribution is -0.699. The highest BCUT2D eigenvalue weighted by atomic mass is 16.7. The number of aliphatic hydroxyl groups is 5. The Hall–Kier alpha value is -2.91. The summed E-state index contributed by atoms with van der Waals surface area (Å²) in [5.74, 6) is -5.98. The van der Waals surface area contributed by atoms with Crippen LogP contribution >= 0.6 is 0 Å². The minimum absolute atomic E-state index is 0.0875. The Morgan fingerprint density at radius 1 is 1.07 bits per heavy atom. The summed E-state index contributed by atoms with van der Waals surface area (Å²) in [4.78, 5) is 57.7. The number of carbonyl (C=O) groups excluding carboxylic acids is 4. The number of methoxy groups -OCH3 is 1. The zero-order valence-corrected chi connectivity index (χ0v) is 31.7. The molecule has 6 aliphatic rings. The topological polar surface area (TPSA) is 295 Å². The number of amides is 2. The van der Waals surface area contributed by atoms with E-state index in [-0.39, 0.29) is 67.8 Å². The molecule has 0 aromatic rings. The van der Waals surface area contributed by atoms with Gasteiger partial charge in [0.1, 0.15) is 41.6 Å². The second-order valence-corrected chi connectivity index (χ2v) is 16.6. The van der Waals surface area contributed by atoms with E-state index in [9.17, 15) is 44.7 Å². The Bertz CT molecular complexity index is 1490. The van der Waals surface area contributed by atoms with Crippen LogP contribution < -0.4 is 27.1 Å². The van der Waals surface area contributed by atoms with Crippen LogP contribution in [0.15, 0.2) is 12.2 Å². The van der Waals surface area contributed by atoms with Crippen LogP contribution in [-0.2, 0) is 33.4 Å². The van der Waals surface area contributed by atoms with Crippen molar-refractivity contribution in [2.24, 2.45) is 58.8 Å². The summed E-state index contributed by atoms with van der Waals surface area (Å²) >= 11 is 0. The predicted molar refractivity (Wildman–Crippen MR) is 190 cm³/mol. The molecule has 308 valence electrons. The van der Waals surface area contributed by atoms with Gasteiger partial charge in [-0.15, -0.1) is 0 Å². The van der Waals surface area contributed by atoms with Crippen LogP contribution in [0.4, 0.5) is 0 Å². The minimum Gasteiger partial charge on any atom is -0.394 e. The second-order valence-electron chi connectivity index (χ2n) is 16.6. The van der Waals surface area contributed by atoms with Gasteiger partial charge in [0.25, 0.3) is 11.8 Å². The van der Waals surface area contributed by atoms with E-state index in [2.05, 4.69) is 10.3 Å². The number of aliphatic hydroxyl groups excluding tert-OH is 4. The molecule has 0 bridgehead atoms. The fraction of sp³-hybridized carbons (Fsp3) is 0.811. The fourth-order valence-electron chi connectivity index (χ4n) is 10.5. The monoisotopic (exact) mass is 780 g/mol. The first-order valence-electron chi connectivity index (χ1n) is 19.6. The van der Waals surface area contributed by atoms with Gasteiger partial charge in [0, 0.05) is 56.4 Å². The maximum atomic E-state index is 14.5. The van der Waals surface area contributed by atoms with Gasteiger partial charge >= 0.3 is 5.96 Å². The van der Waals surface area contributed by atoms with Crippen molar-refractivity contribution in [1.82, 2.24) is 10.2 Å². The Kier molecular flexibility index (Phi) is 12.8. The van der Waals surface area contributed by atoms with Crippen LogP contribution in [0.25, 0.3) is 0 Å². The van der Waals surface area contributed by atoms with Gasteiger partial charge in [0.15, 0.2) is 6.29 Å². The molecule has 17 unspecified atom stereocenters. The molecule has 0 spiro atoms. The van der Waals surface area contributed by atoms with Gasteiger partial charge in [-0.2, -0.15) is 0 Å². The number of imide groups is 1. The Balaban J connectivity index is 1.23. The first-order chi connectivity index (χ1) is 26.1. The molecule has 13 N–H and O–H groups in total. The molecule has 2 saturated heterocycles. The van der Waals surface area contributed by atoms with E-state index in [0.717, 1.165) is 17.1 Å². The van der Waals surface area contributed by atoms with Crippen LogP contribution in [0.2, 0.25) is 0 Å². The number of nitrogens with two attached hydrogens (primary N) is 3. The number of ketones is 2. The van der Waals surface area contributed by atoms with Crippen LogP contribution in [0, 0.1) is 47.3 Å². The molecule has 6 rings (SSSR count). The number of hydrogen-bond donors (Lipinski definition) is 10. The molecule has 0 aromatic heterocycles. The van der Waals surface area contributed by atoms with Crippen molar-refractivity contribution >= 4 is 29.3 Å². The van der Waals surface area contributed by atoms with Gasteiger partial charge in [0.2, 0.25) is 0 Å².